The first-order valence-corrected chi connectivity index (χ1v) is 13.8. The number of carbonyl (C=O) groups excluding carboxylic acids is 5. The Balaban J connectivity index is 1.91. The number of nitrogens with zero attached hydrogens (tertiary/aromatic N) is 3. The van der Waals surface area contributed by atoms with Crippen molar-refractivity contribution < 1.29 is 24.0 Å². The number of likely N-dealkylation sites (tertiary alicyclic amines) is 1. The van der Waals surface area contributed by atoms with Crippen LogP contribution in [-0.2, 0) is 30.4 Å². The van der Waals surface area contributed by atoms with Crippen LogP contribution in [-0.4, -0.2) is 83.0 Å². The second-order valence-electron chi connectivity index (χ2n) is 12.8. The highest BCUT2D eigenvalue weighted by Gasteiger charge is 2.69. The van der Waals surface area contributed by atoms with Crippen molar-refractivity contribution in [3.63, 3.8) is 0 Å². The molecule has 3 rings (SSSR count). The van der Waals surface area contributed by atoms with Crippen LogP contribution in [0.25, 0.3) is 0 Å². The molecule has 10 nitrogen and oxygen atoms in total. The molecule has 4 amide bonds. The number of Topliss-reactive ketones (excluding diaryl/α,β-unsaturated/α-hetero) is 1. The Labute approximate surface area is 237 Å². The van der Waals surface area contributed by atoms with Gasteiger partial charge in [0.05, 0.1) is 0 Å². The summed E-state index contributed by atoms with van der Waals surface area (Å²) in [6.07, 6.45) is 2.06. The van der Waals surface area contributed by atoms with Crippen LogP contribution < -0.4 is 10.6 Å². The second kappa shape index (κ2) is 11.5. The number of ketones is 1. The Morgan fingerprint density at radius 2 is 1.80 bits per heavy atom. The number of rotatable bonds is 10. The minimum absolute atomic E-state index is 0.0307. The lowest BCUT2D eigenvalue weighted by Gasteiger charge is -2.38. The number of nitrogens with one attached hydrogen (secondary N) is 2. The quantitative estimate of drug-likeness (QED) is 0.336. The molecule has 0 bridgehead atoms. The summed E-state index contributed by atoms with van der Waals surface area (Å²) >= 11 is 0. The fourth-order valence-electron chi connectivity index (χ4n) is 5.59. The summed E-state index contributed by atoms with van der Waals surface area (Å²) in [6.45, 7) is 15.7. The van der Waals surface area contributed by atoms with E-state index in [9.17, 15) is 24.0 Å². The van der Waals surface area contributed by atoms with Crippen LogP contribution >= 0.6 is 0 Å². The Bertz CT molecular complexity index is 1190. The van der Waals surface area contributed by atoms with E-state index in [2.05, 4.69) is 36.0 Å². The van der Waals surface area contributed by atoms with E-state index in [0.29, 0.717) is 24.2 Å². The predicted octanol–water partition coefficient (Wildman–Crippen LogP) is 1.75. The highest BCUT2D eigenvalue weighted by Crippen LogP contribution is 2.65. The van der Waals surface area contributed by atoms with Crippen LogP contribution in [0.4, 0.5) is 0 Å². The van der Waals surface area contributed by atoms with Crippen LogP contribution in [0.15, 0.2) is 36.5 Å². The van der Waals surface area contributed by atoms with Crippen LogP contribution in [0, 0.1) is 22.7 Å². The lowest BCUT2D eigenvalue weighted by Crippen LogP contribution is -2.60. The molecule has 10 heteroatoms. The average Bonchev–Trinajstić information content (AvgIpc) is 3.22. The molecular formula is C30H43N5O5. The molecule has 2 N–H and O–H groups in total. The first kappa shape index (κ1) is 31.0. The van der Waals surface area contributed by atoms with Gasteiger partial charge in [0.1, 0.15) is 18.1 Å². The van der Waals surface area contributed by atoms with Crippen LogP contribution in [0.5, 0.6) is 0 Å². The SMILES string of the molecule is C=C(CC)C(=O)NC(C(=O)N1CC2[C@@H]([C@H]1C(=O)N[C@@H](Cc1ccccn1)C(=O)C(=O)N(C)C)C2(C)C)C(C)(C)C. The molecule has 1 aromatic rings. The van der Waals surface area contributed by atoms with E-state index in [1.54, 1.807) is 24.4 Å². The van der Waals surface area contributed by atoms with Gasteiger partial charge in [-0.3, -0.25) is 29.0 Å². The second-order valence-corrected chi connectivity index (χ2v) is 12.8. The van der Waals surface area contributed by atoms with Crippen molar-refractivity contribution in [1.82, 2.24) is 25.4 Å². The van der Waals surface area contributed by atoms with Crippen molar-refractivity contribution in [2.45, 2.75) is 72.5 Å². The molecule has 1 saturated carbocycles. The van der Waals surface area contributed by atoms with Crippen LogP contribution in [0.1, 0.15) is 53.7 Å². The fourth-order valence-corrected chi connectivity index (χ4v) is 5.59. The molecule has 2 heterocycles. The van der Waals surface area contributed by atoms with Gasteiger partial charge in [-0.2, -0.15) is 0 Å². The summed E-state index contributed by atoms with van der Waals surface area (Å²) in [7, 11) is 2.95. The lowest BCUT2D eigenvalue weighted by atomic mass is 9.85. The zero-order valence-electron chi connectivity index (χ0n) is 24.9. The first-order valence-electron chi connectivity index (χ1n) is 13.8. The van der Waals surface area contributed by atoms with E-state index in [-0.39, 0.29) is 29.6 Å². The molecule has 40 heavy (non-hydrogen) atoms. The third kappa shape index (κ3) is 6.26. The van der Waals surface area contributed by atoms with E-state index in [1.807, 2.05) is 27.7 Å². The summed E-state index contributed by atoms with van der Waals surface area (Å²) in [5, 5.41) is 5.64. The van der Waals surface area contributed by atoms with E-state index >= 15 is 0 Å². The molecule has 5 atom stereocenters. The molecule has 1 saturated heterocycles. The van der Waals surface area contributed by atoms with E-state index in [0.717, 1.165) is 0 Å². The number of carbonyl (C=O) groups is 5. The third-order valence-electron chi connectivity index (χ3n) is 8.29. The summed E-state index contributed by atoms with van der Waals surface area (Å²) in [5.74, 6) is -2.77. The summed E-state index contributed by atoms with van der Waals surface area (Å²) in [4.78, 5) is 73.4. The van der Waals surface area contributed by atoms with Crippen molar-refractivity contribution in [3.8, 4) is 0 Å². The normalized spacial score (nSPS) is 22.4. The summed E-state index contributed by atoms with van der Waals surface area (Å²) in [6, 6.07) is 2.33. The van der Waals surface area contributed by atoms with E-state index in [4.69, 9.17) is 0 Å². The molecular weight excluding hydrogens is 510 g/mol. The largest absolute Gasteiger partial charge is 0.344 e. The molecule has 0 radical (unpaired) electrons. The Morgan fingerprint density at radius 1 is 1.15 bits per heavy atom. The number of hydrogen-bond donors (Lipinski definition) is 2. The standard InChI is InChI=1S/C30H43N5O5/c1-10-17(2)25(37)33-24(29(3,4)5)28(40)35-16-19-21(30(19,6)7)22(35)26(38)32-20(23(36)27(39)34(8)9)15-18-13-11-12-14-31-18/h11-14,19-22,24H,2,10,15-16H2,1,3-9H3,(H,32,38)(H,33,37)/t19?,20-,21-,22-,24?/m0/s1. The van der Waals surface area contributed by atoms with Crippen molar-refractivity contribution in [3.05, 3.63) is 42.2 Å². The van der Waals surface area contributed by atoms with Crippen molar-refractivity contribution >= 4 is 29.4 Å². The zero-order chi connectivity index (χ0) is 30.2. The van der Waals surface area contributed by atoms with Gasteiger partial charge in [-0.1, -0.05) is 54.2 Å². The summed E-state index contributed by atoms with van der Waals surface area (Å²) < 4.78 is 0. The maximum absolute atomic E-state index is 14.0. The molecule has 1 aliphatic carbocycles. The minimum atomic E-state index is -1.15. The van der Waals surface area contributed by atoms with Crippen molar-refractivity contribution in [2.24, 2.45) is 22.7 Å². The maximum Gasteiger partial charge on any atom is 0.291 e. The molecule has 0 spiro atoms. The monoisotopic (exact) mass is 553 g/mol. The Morgan fingerprint density at radius 3 is 2.33 bits per heavy atom. The highest BCUT2D eigenvalue weighted by atomic mass is 16.2. The first-order chi connectivity index (χ1) is 18.5. The van der Waals surface area contributed by atoms with Crippen LogP contribution in [0.2, 0.25) is 0 Å². The van der Waals surface area contributed by atoms with E-state index < -0.39 is 47.0 Å². The molecule has 2 fully saturated rings. The maximum atomic E-state index is 14.0. The minimum Gasteiger partial charge on any atom is -0.344 e. The average molecular weight is 554 g/mol. The van der Waals surface area contributed by atoms with Gasteiger partial charge >= 0.3 is 0 Å². The van der Waals surface area contributed by atoms with Crippen LogP contribution in [0.3, 0.4) is 0 Å². The Hall–Kier alpha value is -3.56. The van der Waals surface area contributed by atoms with Crippen molar-refractivity contribution in [2.75, 3.05) is 20.6 Å². The smallest absolute Gasteiger partial charge is 0.291 e. The molecule has 0 aromatic carbocycles. The number of hydrogen-bond acceptors (Lipinski definition) is 6. The number of piperidine rings is 1. The highest BCUT2D eigenvalue weighted by molar-refractivity contribution is 6.38. The fraction of sp³-hybridized carbons (Fsp3) is 0.600. The van der Waals surface area contributed by atoms with Gasteiger partial charge < -0.3 is 20.4 Å². The van der Waals surface area contributed by atoms with Gasteiger partial charge in [-0.15, -0.1) is 0 Å². The number of likely N-dealkylation sites (N-methyl/N-ethyl adjacent to an activating group) is 1. The van der Waals surface area contributed by atoms with Gasteiger partial charge in [-0.25, -0.2) is 0 Å². The number of pyridine rings is 1. The van der Waals surface area contributed by atoms with Gasteiger partial charge in [0.2, 0.25) is 23.5 Å². The molecule has 1 aliphatic heterocycles. The molecule has 2 unspecified atom stereocenters. The zero-order valence-corrected chi connectivity index (χ0v) is 24.9. The Kier molecular flexibility index (Phi) is 8.91. The third-order valence-corrected chi connectivity index (χ3v) is 8.29. The predicted molar refractivity (Wildman–Crippen MR) is 151 cm³/mol. The van der Waals surface area contributed by atoms with Gasteiger partial charge in [-0.05, 0) is 41.2 Å². The van der Waals surface area contributed by atoms with Crippen molar-refractivity contribution in [1.29, 1.82) is 0 Å². The molecule has 2 aliphatic rings. The number of amides is 4. The topological polar surface area (TPSA) is 129 Å². The molecule has 1 aromatic heterocycles. The number of aromatic nitrogens is 1. The van der Waals surface area contributed by atoms with Gasteiger partial charge in [0.25, 0.3) is 5.91 Å². The lowest BCUT2D eigenvalue weighted by molar-refractivity contribution is -0.147. The molecule has 218 valence electrons. The van der Waals surface area contributed by atoms with Gasteiger partial charge in [0, 0.05) is 44.5 Å². The van der Waals surface area contributed by atoms with Gasteiger partial charge in [0.15, 0.2) is 0 Å². The summed E-state index contributed by atoms with van der Waals surface area (Å²) in [5.41, 5.74) is 0.0987. The van der Waals surface area contributed by atoms with E-state index in [1.165, 1.54) is 23.9 Å². The number of fused-ring (bicyclic) bond motifs is 1.